The second kappa shape index (κ2) is 6.89. The Labute approximate surface area is 136 Å². The molecule has 0 spiro atoms. The quantitative estimate of drug-likeness (QED) is 0.869. The molecule has 1 saturated heterocycles. The molecule has 3 heterocycles. The highest BCUT2D eigenvalue weighted by Crippen LogP contribution is 2.27. The average molecular weight is 313 g/mol. The van der Waals surface area contributed by atoms with Crippen LogP contribution in [0.15, 0.2) is 24.7 Å². The van der Waals surface area contributed by atoms with Crippen molar-refractivity contribution in [3.8, 4) is 0 Å². The third kappa shape index (κ3) is 3.41. The van der Waals surface area contributed by atoms with Gasteiger partial charge in [-0.05, 0) is 38.3 Å². The molecular weight excluding hydrogens is 290 g/mol. The van der Waals surface area contributed by atoms with Gasteiger partial charge in [0.2, 0.25) is 0 Å². The van der Waals surface area contributed by atoms with Gasteiger partial charge in [-0.25, -0.2) is 0 Å². The van der Waals surface area contributed by atoms with Crippen LogP contribution in [0.3, 0.4) is 0 Å². The molecule has 2 aromatic heterocycles. The minimum absolute atomic E-state index is 0.0750. The number of aromatic nitrogens is 4. The summed E-state index contributed by atoms with van der Waals surface area (Å²) >= 11 is 0. The van der Waals surface area contributed by atoms with Crippen LogP contribution in [0.25, 0.3) is 0 Å². The standard InChI is InChI=1S/C17H23N5O/c1-3-8-22-12-19-20-16(22)14-6-9-21(10-7-14)17(23)15-5-4-13(2)18-11-15/h4-5,11-12,14H,3,6-10H2,1-2H3. The first-order chi connectivity index (χ1) is 11.2. The predicted molar refractivity (Wildman–Crippen MR) is 87.2 cm³/mol. The number of hydrogen-bond acceptors (Lipinski definition) is 4. The molecule has 2 aromatic rings. The molecule has 1 aliphatic heterocycles. The molecule has 0 unspecified atom stereocenters. The van der Waals surface area contributed by atoms with Crippen LogP contribution in [0.5, 0.6) is 0 Å². The zero-order valence-corrected chi connectivity index (χ0v) is 13.8. The second-order valence-electron chi connectivity index (χ2n) is 6.14. The molecule has 0 radical (unpaired) electrons. The van der Waals surface area contributed by atoms with Crippen molar-refractivity contribution >= 4 is 5.91 Å². The van der Waals surface area contributed by atoms with Gasteiger partial charge in [-0.1, -0.05) is 6.92 Å². The van der Waals surface area contributed by atoms with Gasteiger partial charge in [0.25, 0.3) is 5.91 Å². The van der Waals surface area contributed by atoms with Crippen LogP contribution in [0.1, 0.15) is 54.0 Å². The van der Waals surface area contributed by atoms with Crippen molar-refractivity contribution in [3.05, 3.63) is 41.7 Å². The van der Waals surface area contributed by atoms with E-state index in [1.54, 1.807) is 6.20 Å². The van der Waals surface area contributed by atoms with Crippen molar-refractivity contribution in [2.75, 3.05) is 13.1 Å². The molecular formula is C17H23N5O. The monoisotopic (exact) mass is 313 g/mol. The minimum atomic E-state index is 0.0750. The maximum Gasteiger partial charge on any atom is 0.255 e. The van der Waals surface area contributed by atoms with Crippen LogP contribution in [-0.4, -0.2) is 43.6 Å². The van der Waals surface area contributed by atoms with Crippen molar-refractivity contribution < 1.29 is 4.79 Å². The van der Waals surface area contributed by atoms with E-state index in [0.29, 0.717) is 11.5 Å². The number of carbonyl (C=O) groups is 1. The van der Waals surface area contributed by atoms with E-state index in [1.165, 1.54) is 0 Å². The van der Waals surface area contributed by atoms with Gasteiger partial charge in [-0.2, -0.15) is 0 Å². The smallest absolute Gasteiger partial charge is 0.255 e. The molecule has 1 fully saturated rings. The molecule has 6 nitrogen and oxygen atoms in total. The summed E-state index contributed by atoms with van der Waals surface area (Å²) in [5.74, 6) is 1.53. The van der Waals surface area contributed by atoms with Crippen molar-refractivity contribution in [1.29, 1.82) is 0 Å². The van der Waals surface area contributed by atoms with Gasteiger partial charge in [-0.3, -0.25) is 9.78 Å². The number of nitrogens with zero attached hydrogens (tertiary/aromatic N) is 5. The van der Waals surface area contributed by atoms with Crippen LogP contribution in [0.2, 0.25) is 0 Å². The number of pyridine rings is 1. The Hall–Kier alpha value is -2.24. The number of hydrogen-bond donors (Lipinski definition) is 0. The summed E-state index contributed by atoms with van der Waals surface area (Å²) in [6, 6.07) is 3.74. The van der Waals surface area contributed by atoms with Crippen molar-refractivity contribution in [1.82, 2.24) is 24.6 Å². The van der Waals surface area contributed by atoms with Gasteiger partial charge in [0, 0.05) is 37.4 Å². The normalized spacial score (nSPS) is 15.8. The van der Waals surface area contributed by atoms with E-state index >= 15 is 0 Å². The Balaban J connectivity index is 1.63. The predicted octanol–water partition coefficient (Wildman–Crippen LogP) is 2.41. The average Bonchev–Trinajstić information content (AvgIpc) is 3.04. The molecule has 0 N–H and O–H groups in total. The largest absolute Gasteiger partial charge is 0.339 e. The van der Waals surface area contributed by atoms with Crippen molar-refractivity contribution in [2.45, 2.75) is 45.6 Å². The van der Waals surface area contributed by atoms with Crippen LogP contribution < -0.4 is 0 Å². The van der Waals surface area contributed by atoms with E-state index in [1.807, 2.05) is 30.3 Å². The second-order valence-corrected chi connectivity index (χ2v) is 6.14. The maximum atomic E-state index is 12.5. The van der Waals surface area contributed by atoms with Gasteiger partial charge < -0.3 is 9.47 Å². The van der Waals surface area contributed by atoms with E-state index in [9.17, 15) is 4.79 Å². The lowest BCUT2D eigenvalue weighted by Gasteiger charge is -2.31. The SMILES string of the molecule is CCCn1cnnc1C1CCN(C(=O)c2ccc(C)nc2)CC1. The number of likely N-dealkylation sites (tertiary alicyclic amines) is 1. The van der Waals surface area contributed by atoms with Crippen molar-refractivity contribution in [3.63, 3.8) is 0 Å². The first-order valence-electron chi connectivity index (χ1n) is 8.28. The fourth-order valence-electron chi connectivity index (χ4n) is 3.11. The third-order valence-corrected chi connectivity index (χ3v) is 4.42. The number of rotatable bonds is 4. The lowest BCUT2D eigenvalue weighted by molar-refractivity contribution is 0.0710. The molecule has 0 aliphatic carbocycles. The van der Waals surface area contributed by atoms with Gasteiger partial charge in [0.05, 0.1) is 5.56 Å². The molecule has 6 heteroatoms. The Morgan fingerprint density at radius 2 is 2.09 bits per heavy atom. The van der Waals surface area contributed by atoms with E-state index in [0.717, 1.165) is 50.4 Å². The van der Waals surface area contributed by atoms with E-state index in [4.69, 9.17) is 0 Å². The van der Waals surface area contributed by atoms with E-state index in [-0.39, 0.29) is 5.91 Å². The molecule has 0 bridgehead atoms. The van der Waals surface area contributed by atoms with Gasteiger partial charge in [0.1, 0.15) is 12.2 Å². The zero-order chi connectivity index (χ0) is 16.2. The Kier molecular flexibility index (Phi) is 4.69. The van der Waals surface area contributed by atoms with Gasteiger partial charge in [-0.15, -0.1) is 10.2 Å². The lowest BCUT2D eigenvalue weighted by Crippen LogP contribution is -2.38. The highest BCUT2D eigenvalue weighted by Gasteiger charge is 2.27. The number of carbonyl (C=O) groups excluding carboxylic acids is 1. The fourth-order valence-corrected chi connectivity index (χ4v) is 3.11. The first kappa shape index (κ1) is 15.6. The number of piperidine rings is 1. The summed E-state index contributed by atoms with van der Waals surface area (Å²) in [4.78, 5) is 18.7. The van der Waals surface area contributed by atoms with E-state index < -0.39 is 0 Å². The topological polar surface area (TPSA) is 63.9 Å². The Morgan fingerprint density at radius 3 is 2.74 bits per heavy atom. The summed E-state index contributed by atoms with van der Waals surface area (Å²) < 4.78 is 2.14. The van der Waals surface area contributed by atoms with Crippen LogP contribution >= 0.6 is 0 Å². The maximum absolute atomic E-state index is 12.5. The summed E-state index contributed by atoms with van der Waals surface area (Å²) in [7, 11) is 0. The summed E-state index contributed by atoms with van der Waals surface area (Å²) in [5.41, 5.74) is 1.60. The van der Waals surface area contributed by atoms with Crippen LogP contribution in [-0.2, 0) is 6.54 Å². The van der Waals surface area contributed by atoms with E-state index in [2.05, 4.69) is 26.7 Å². The molecule has 0 saturated carbocycles. The highest BCUT2D eigenvalue weighted by molar-refractivity contribution is 5.94. The summed E-state index contributed by atoms with van der Waals surface area (Å²) in [5, 5.41) is 8.35. The zero-order valence-electron chi connectivity index (χ0n) is 13.8. The lowest BCUT2D eigenvalue weighted by atomic mass is 9.95. The summed E-state index contributed by atoms with van der Waals surface area (Å²) in [6.45, 7) is 6.55. The highest BCUT2D eigenvalue weighted by atomic mass is 16.2. The van der Waals surface area contributed by atoms with Crippen LogP contribution in [0.4, 0.5) is 0 Å². The minimum Gasteiger partial charge on any atom is -0.339 e. The van der Waals surface area contributed by atoms with Gasteiger partial charge in [0.15, 0.2) is 0 Å². The Morgan fingerprint density at radius 1 is 1.30 bits per heavy atom. The molecule has 1 amide bonds. The first-order valence-corrected chi connectivity index (χ1v) is 8.28. The fraction of sp³-hybridized carbons (Fsp3) is 0.529. The number of aryl methyl sites for hydroxylation is 2. The molecule has 23 heavy (non-hydrogen) atoms. The molecule has 0 atom stereocenters. The Bertz CT molecular complexity index is 656. The molecule has 122 valence electrons. The van der Waals surface area contributed by atoms with Crippen molar-refractivity contribution in [2.24, 2.45) is 0 Å². The third-order valence-electron chi connectivity index (χ3n) is 4.42. The van der Waals surface area contributed by atoms with Crippen LogP contribution in [0, 0.1) is 6.92 Å². The molecule has 0 aromatic carbocycles. The van der Waals surface area contributed by atoms with Gasteiger partial charge >= 0.3 is 0 Å². The molecule has 3 rings (SSSR count). The number of amides is 1. The summed E-state index contributed by atoms with van der Waals surface area (Å²) in [6.07, 6.45) is 6.43. The molecule has 1 aliphatic rings.